The lowest BCUT2D eigenvalue weighted by Crippen LogP contribution is -2.56. The lowest BCUT2D eigenvalue weighted by Gasteiger charge is -2.61. The van der Waals surface area contributed by atoms with Crippen molar-refractivity contribution in [1.29, 1.82) is 0 Å². The van der Waals surface area contributed by atoms with Crippen LogP contribution in [-0.4, -0.2) is 34.0 Å². The number of benzene rings is 1. The fourth-order valence-electron chi connectivity index (χ4n) is 8.97. The number of ketones is 2. The first-order valence-electron chi connectivity index (χ1n) is 13.6. The monoisotopic (exact) mass is 476 g/mol. The summed E-state index contributed by atoms with van der Waals surface area (Å²) in [5.41, 5.74) is 0.826. The molecule has 0 bridgehead atoms. The molecule has 4 aliphatic rings. The molecule has 5 rings (SSSR count). The van der Waals surface area contributed by atoms with Gasteiger partial charge in [-0.25, -0.2) is 0 Å². The average Bonchev–Trinajstić information content (AvgIpc) is 3.20. The third-order valence-electron chi connectivity index (χ3n) is 11.0. The number of fused-ring (bicyclic) bond motifs is 5. The molecule has 4 saturated carbocycles. The topological polar surface area (TPSA) is 74.6 Å². The third-order valence-corrected chi connectivity index (χ3v) is 11.0. The van der Waals surface area contributed by atoms with E-state index in [-0.39, 0.29) is 34.9 Å². The Morgan fingerprint density at radius 3 is 2.34 bits per heavy atom. The van der Waals surface area contributed by atoms with E-state index >= 15 is 0 Å². The van der Waals surface area contributed by atoms with Gasteiger partial charge in [-0.3, -0.25) is 9.59 Å². The molecule has 1 aromatic carbocycles. The number of hydrogen-bond donors (Lipinski definition) is 2. The Hall–Kier alpha value is -1.96. The highest BCUT2D eigenvalue weighted by atomic mass is 16.3. The average molecular weight is 477 g/mol. The molecule has 2 unspecified atom stereocenters. The fourth-order valence-corrected chi connectivity index (χ4v) is 8.97. The molecule has 4 fully saturated rings. The second-order valence-corrected chi connectivity index (χ2v) is 12.6. The highest BCUT2D eigenvalue weighted by molar-refractivity contribution is 5.94. The van der Waals surface area contributed by atoms with E-state index < -0.39 is 5.60 Å². The first-order valence-corrected chi connectivity index (χ1v) is 13.6. The predicted octanol–water partition coefficient (Wildman–Crippen LogP) is 5.19. The van der Waals surface area contributed by atoms with Crippen molar-refractivity contribution in [2.45, 2.75) is 84.2 Å². The van der Waals surface area contributed by atoms with E-state index in [1.807, 2.05) is 12.1 Å². The van der Waals surface area contributed by atoms with Gasteiger partial charge in [0, 0.05) is 17.0 Å². The summed E-state index contributed by atoms with van der Waals surface area (Å²) >= 11 is 0. The number of aliphatic hydroxyl groups is 2. The van der Waals surface area contributed by atoms with Gasteiger partial charge in [0.25, 0.3) is 0 Å². The van der Waals surface area contributed by atoms with Crippen molar-refractivity contribution >= 4 is 11.6 Å². The van der Waals surface area contributed by atoms with E-state index in [0.717, 1.165) is 50.5 Å². The Bertz CT molecular complexity index is 1060. The summed E-state index contributed by atoms with van der Waals surface area (Å²) in [6, 6.07) is 7.32. The minimum absolute atomic E-state index is 0.0280. The van der Waals surface area contributed by atoms with Crippen LogP contribution >= 0.6 is 0 Å². The highest BCUT2D eigenvalue weighted by Gasteiger charge is 2.61. The number of Topliss-reactive ketones (excluding diaryl/α,β-unsaturated/α-hetero) is 2. The molecule has 2 N–H and O–H groups in total. The Morgan fingerprint density at radius 1 is 0.943 bits per heavy atom. The molecule has 0 aliphatic heterocycles. The Labute approximate surface area is 209 Å². The molecular formula is C31H40O4. The van der Waals surface area contributed by atoms with Crippen LogP contribution in [0.25, 0.3) is 0 Å². The maximum Gasteiger partial charge on any atom is 0.161 e. The predicted molar refractivity (Wildman–Crippen MR) is 136 cm³/mol. The summed E-state index contributed by atoms with van der Waals surface area (Å²) in [5.74, 6) is 8.87. The number of rotatable bonds is 3. The van der Waals surface area contributed by atoms with Gasteiger partial charge in [0.15, 0.2) is 11.6 Å². The maximum atomic E-state index is 12.5. The zero-order valence-electron chi connectivity index (χ0n) is 21.5. The van der Waals surface area contributed by atoms with E-state index in [1.54, 1.807) is 19.1 Å². The van der Waals surface area contributed by atoms with Gasteiger partial charge in [-0.15, -0.1) is 0 Å². The minimum atomic E-state index is -0.953. The van der Waals surface area contributed by atoms with E-state index in [1.165, 1.54) is 6.42 Å². The molecule has 8 atom stereocenters. The molecule has 0 amide bonds. The summed E-state index contributed by atoms with van der Waals surface area (Å²) in [4.78, 5) is 24.0. The zero-order valence-corrected chi connectivity index (χ0v) is 21.5. The summed E-state index contributed by atoms with van der Waals surface area (Å²) in [5, 5.41) is 21.0. The van der Waals surface area contributed by atoms with Crippen molar-refractivity contribution < 1.29 is 19.8 Å². The van der Waals surface area contributed by atoms with Crippen LogP contribution in [0.4, 0.5) is 0 Å². The quantitative estimate of drug-likeness (QED) is 0.465. The molecule has 0 radical (unpaired) electrons. The molecule has 0 heterocycles. The number of hydrogen-bond acceptors (Lipinski definition) is 4. The van der Waals surface area contributed by atoms with Crippen LogP contribution in [0.3, 0.4) is 0 Å². The number of carbonyl (C=O) groups is 2. The molecule has 4 heteroatoms. The van der Waals surface area contributed by atoms with Crippen LogP contribution in [0, 0.1) is 52.3 Å². The summed E-state index contributed by atoms with van der Waals surface area (Å²) in [6.45, 7) is 6.03. The van der Waals surface area contributed by atoms with E-state index in [9.17, 15) is 19.8 Å². The van der Waals surface area contributed by atoms with Gasteiger partial charge in [-0.1, -0.05) is 37.8 Å². The van der Waals surface area contributed by atoms with E-state index in [0.29, 0.717) is 35.7 Å². The third kappa shape index (κ3) is 4.09. The first-order chi connectivity index (χ1) is 16.6. The van der Waals surface area contributed by atoms with E-state index in [2.05, 4.69) is 25.7 Å². The summed E-state index contributed by atoms with van der Waals surface area (Å²) in [7, 11) is 0. The standard InChI is InChI=1S/C31H40O4/c1-20(33)22-6-4-21(5-7-22)12-15-31(35)17-16-29(2)23(18-31)8-9-24-25-10-11-27(28(34)19-32)30(25,3)14-13-26(24)29/h4-7,23-27,32,35H,8-11,13-14,16-19H2,1-3H3/t23?,24-,25-,26-,27+,29-,30-,31?/m0/s1. The number of aliphatic hydroxyl groups excluding tert-OH is 1. The van der Waals surface area contributed by atoms with Crippen molar-refractivity contribution in [2.75, 3.05) is 6.61 Å². The molecule has 4 aliphatic carbocycles. The first kappa shape index (κ1) is 24.7. The van der Waals surface area contributed by atoms with Crippen LogP contribution in [0.2, 0.25) is 0 Å². The molecular weight excluding hydrogens is 436 g/mol. The van der Waals surface area contributed by atoms with Crippen LogP contribution in [0.1, 0.15) is 94.5 Å². The normalized spacial score (nSPS) is 42.1. The van der Waals surface area contributed by atoms with E-state index in [4.69, 9.17) is 0 Å². The SMILES string of the molecule is CC(=O)c1ccc(C#CC2(O)CC[C@@]3(C)C(CC[C@H]4[C@@H]5CC[C@H](C(=O)CO)[C@@]5(C)CC[C@@H]43)C2)cc1. The van der Waals surface area contributed by atoms with Crippen molar-refractivity contribution in [2.24, 2.45) is 40.4 Å². The molecule has 0 saturated heterocycles. The maximum absolute atomic E-state index is 12.5. The Kier molecular flexibility index (Phi) is 6.26. The summed E-state index contributed by atoms with van der Waals surface area (Å²) < 4.78 is 0. The fraction of sp³-hybridized carbons (Fsp3) is 0.677. The van der Waals surface area contributed by atoms with Crippen molar-refractivity contribution in [3.8, 4) is 11.8 Å². The summed E-state index contributed by atoms with van der Waals surface area (Å²) in [6.07, 6.45) is 9.04. The van der Waals surface area contributed by atoms with Crippen LogP contribution in [-0.2, 0) is 4.79 Å². The van der Waals surface area contributed by atoms with Gasteiger partial charge in [0.05, 0.1) is 0 Å². The molecule has 35 heavy (non-hydrogen) atoms. The lowest BCUT2D eigenvalue weighted by molar-refractivity contribution is -0.146. The largest absolute Gasteiger partial charge is 0.389 e. The van der Waals surface area contributed by atoms with Crippen LogP contribution in [0.5, 0.6) is 0 Å². The van der Waals surface area contributed by atoms with Crippen LogP contribution < -0.4 is 0 Å². The molecule has 4 nitrogen and oxygen atoms in total. The Balaban J connectivity index is 1.31. The van der Waals surface area contributed by atoms with Gasteiger partial charge >= 0.3 is 0 Å². The van der Waals surface area contributed by atoms with Crippen molar-refractivity contribution in [1.82, 2.24) is 0 Å². The highest BCUT2D eigenvalue weighted by Crippen LogP contribution is 2.68. The van der Waals surface area contributed by atoms with Crippen molar-refractivity contribution in [3.05, 3.63) is 35.4 Å². The van der Waals surface area contributed by atoms with Gasteiger partial charge < -0.3 is 10.2 Å². The second-order valence-electron chi connectivity index (χ2n) is 12.6. The molecule has 188 valence electrons. The van der Waals surface area contributed by atoms with Gasteiger partial charge in [0.2, 0.25) is 0 Å². The van der Waals surface area contributed by atoms with Crippen molar-refractivity contribution in [3.63, 3.8) is 0 Å². The Morgan fingerprint density at radius 2 is 1.66 bits per heavy atom. The molecule has 0 spiro atoms. The zero-order chi connectivity index (χ0) is 25.0. The molecule has 0 aromatic heterocycles. The smallest absolute Gasteiger partial charge is 0.161 e. The van der Waals surface area contributed by atoms with Crippen LogP contribution in [0.15, 0.2) is 24.3 Å². The lowest BCUT2D eigenvalue weighted by atomic mass is 9.44. The van der Waals surface area contributed by atoms with Gasteiger partial charge in [-0.05, 0) is 111 Å². The van der Waals surface area contributed by atoms with Gasteiger partial charge in [-0.2, -0.15) is 0 Å². The molecule has 1 aromatic rings. The number of carbonyl (C=O) groups excluding carboxylic acids is 2. The second kappa shape index (κ2) is 8.86. The minimum Gasteiger partial charge on any atom is -0.389 e. The van der Waals surface area contributed by atoms with Gasteiger partial charge in [0.1, 0.15) is 12.2 Å².